The van der Waals surface area contributed by atoms with E-state index in [1.165, 1.54) is 12.1 Å². The molecule has 0 saturated heterocycles. The molecule has 0 aromatic heterocycles. The van der Waals surface area contributed by atoms with E-state index in [1.54, 1.807) is 0 Å². The Morgan fingerprint density at radius 1 is 1.50 bits per heavy atom. The molecule has 6 heteroatoms. The molecule has 0 bridgehead atoms. The Kier molecular flexibility index (Phi) is 3.84. The minimum absolute atomic E-state index is 0.0150. The van der Waals surface area contributed by atoms with Crippen LogP contribution in [-0.4, -0.2) is 16.9 Å². The van der Waals surface area contributed by atoms with Gasteiger partial charge in [-0.3, -0.25) is 14.9 Å². The van der Waals surface area contributed by atoms with Crippen LogP contribution in [0.1, 0.15) is 24.2 Å². The van der Waals surface area contributed by atoms with Crippen LogP contribution in [-0.2, 0) is 0 Å². The van der Waals surface area contributed by atoms with Crippen LogP contribution >= 0.6 is 11.6 Å². The van der Waals surface area contributed by atoms with Gasteiger partial charge in [0.2, 0.25) is 0 Å². The van der Waals surface area contributed by atoms with Crippen molar-refractivity contribution in [1.29, 1.82) is 0 Å². The van der Waals surface area contributed by atoms with Crippen molar-refractivity contribution in [3.05, 3.63) is 38.9 Å². The molecule has 0 aliphatic heterocycles. The van der Waals surface area contributed by atoms with Gasteiger partial charge in [0, 0.05) is 18.2 Å². The van der Waals surface area contributed by atoms with Gasteiger partial charge < -0.3 is 5.32 Å². The number of carbonyl (C=O) groups excluding carboxylic acids is 1. The molecule has 16 heavy (non-hydrogen) atoms. The third kappa shape index (κ3) is 2.93. The lowest BCUT2D eigenvalue weighted by Crippen LogP contribution is -2.30. The SMILES string of the molecule is CC(C)NC(=O)c1ccc([N+](=O)[O-])cc1Cl. The van der Waals surface area contributed by atoms with Gasteiger partial charge in [-0.2, -0.15) is 0 Å². The van der Waals surface area contributed by atoms with Crippen LogP contribution in [0.2, 0.25) is 5.02 Å². The zero-order valence-electron chi connectivity index (χ0n) is 8.86. The van der Waals surface area contributed by atoms with Crippen LogP contribution in [0.4, 0.5) is 5.69 Å². The summed E-state index contributed by atoms with van der Waals surface area (Å²) in [5.41, 5.74) is 0.104. The van der Waals surface area contributed by atoms with E-state index >= 15 is 0 Å². The molecule has 0 atom stereocenters. The van der Waals surface area contributed by atoms with Gasteiger partial charge in [0.1, 0.15) is 0 Å². The number of carbonyl (C=O) groups is 1. The Balaban J connectivity index is 2.99. The average Bonchev–Trinajstić information content (AvgIpc) is 2.15. The lowest BCUT2D eigenvalue weighted by Gasteiger charge is -2.09. The largest absolute Gasteiger partial charge is 0.350 e. The number of nitrogens with one attached hydrogen (secondary N) is 1. The van der Waals surface area contributed by atoms with Gasteiger partial charge in [-0.1, -0.05) is 11.6 Å². The molecule has 0 fully saturated rings. The number of amides is 1. The van der Waals surface area contributed by atoms with Gasteiger partial charge >= 0.3 is 0 Å². The fourth-order valence-corrected chi connectivity index (χ4v) is 1.40. The molecular formula is C10H11ClN2O3. The van der Waals surface area contributed by atoms with E-state index in [-0.39, 0.29) is 28.2 Å². The predicted molar refractivity (Wildman–Crippen MR) is 60.7 cm³/mol. The van der Waals surface area contributed by atoms with Crippen LogP contribution in [0.25, 0.3) is 0 Å². The van der Waals surface area contributed by atoms with Crippen molar-refractivity contribution < 1.29 is 9.72 Å². The summed E-state index contributed by atoms with van der Waals surface area (Å²) in [5, 5.41) is 13.2. The van der Waals surface area contributed by atoms with E-state index in [2.05, 4.69) is 5.32 Å². The third-order valence-electron chi connectivity index (χ3n) is 1.83. The maximum atomic E-state index is 11.6. The summed E-state index contributed by atoms with van der Waals surface area (Å²) in [6.45, 7) is 3.63. The van der Waals surface area contributed by atoms with Crippen LogP contribution in [0.15, 0.2) is 18.2 Å². The Labute approximate surface area is 97.6 Å². The second-order valence-electron chi connectivity index (χ2n) is 3.55. The second-order valence-corrected chi connectivity index (χ2v) is 3.96. The monoisotopic (exact) mass is 242 g/mol. The number of non-ortho nitro benzene ring substituents is 1. The summed E-state index contributed by atoms with van der Waals surface area (Å²) in [6, 6.07) is 3.74. The number of rotatable bonds is 3. The third-order valence-corrected chi connectivity index (χ3v) is 2.14. The maximum absolute atomic E-state index is 11.6. The first-order valence-electron chi connectivity index (χ1n) is 4.66. The summed E-state index contributed by atoms with van der Waals surface area (Å²) in [4.78, 5) is 21.5. The summed E-state index contributed by atoms with van der Waals surface area (Å²) in [5.74, 6) is -0.338. The van der Waals surface area contributed by atoms with Crippen LogP contribution in [0.5, 0.6) is 0 Å². The summed E-state index contributed by atoms with van der Waals surface area (Å²) in [7, 11) is 0. The molecule has 5 nitrogen and oxygen atoms in total. The van der Waals surface area contributed by atoms with Crippen LogP contribution in [0.3, 0.4) is 0 Å². The van der Waals surface area contributed by atoms with Gasteiger partial charge in [-0.25, -0.2) is 0 Å². The second kappa shape index (κ2) is 4.94. The molecule has 0 aliphatic rings. The first-order chi connectivity index (χ1) is 7.41. The van der Waals surface area contributed by atoms with Gasteiger partial charge in [-0.15, -0.1) is 0 Å². The topological polar surface area (TPSA) is 72.2 Å². The van der Waals surface area contributed by atoms with Gasteiger partial charge in [0.05, 0.1) is 15.5 Å². The predicted octanol–water partition coefficient (Wildman–Crippen LogP) is 2.39. The lowest BCUT2D eigenvalue weighted by molar-refractivity contribution is -0.384. The molecule has 0 heterocycles. The molecule has 0 radical (unpaired) electrons. The zero-order chi connectivity index (χ0) is 12.3. The van der Waals surface area contributed by atoms with E-state index in [1.807, 2.05) is 13.8 Å². The molecule has 1 N–H and O–H groups in total. The molecule has 1 amide bonds. The van der Waals surface area contributed by atoms with Crippen molar-refractivity contribution in [1.82, 2.24) is 5.32 Å². The molecular weight excluding hydrogens is 232 g/mol. The minimum atomic E-state index is -0.560. The van der Waals surface area contributed by atoms with Crippen molar-refractivity contribution in [3.8, 4) is 0 Å². The fourth-order valence-electron chi connectivity index (χ4n) is 1.14. The lowest BCUT2D eigenvalue weighted by atomic mass is 10.2. The Hall–Kier alpha value is -1.62. The Bertz CT molecular complexity index is 432. The summed E-state index contributed by atoms with van der Waals surface area (Å²) in [6.07, 6.45) is 0. The number of benzene rings is 1. The highest BCUT2D eigenvalue weighted by Gasteiger charge is 2.15. The maximum Gasteiger partial charge on any atom is 0.270 e. The van der Waals surface area contributed by atoms with Gasteiger partial charge in [0.25, 0.3) is 11.6 Å². The molecule has 1 aromatic carbocycles. The standard InChI is InChI=1S/C10H11ClN2O3/c1-6(2)12-10(14)8-4-3-7(13(15)16)5-9(8)11/h3-6H,1-2H3,(H,12,14). The van der Waals surface area contributed by atoms with Crippen LogP contribution < -0.4 is 5.32 Å². The first kappa shape index (κ1) is 12.4. The molecule has 1 rings (SSSR count). The van der Waals surface area contributed by atoms with Crippen LogP contribution in [0, 0.1) is 10.1 Å². The molecule has 0 unspecified atom stereocenters. The summed E-state index contributed by atoms with van der Waals surface area (Å²) >= 11 is 5.79. The fraction of sp³-hybridized carbons (Fsp3) is 0.300. The quantitative estimate of drug-likeness (QED) is 0.653. The number of hydrogen-bond acceptors (Lipinski definition) is 3. The minimum Gasteiger partial charge on any atom is -0.350 e. The van der Waals surface area contributed by atoms with Gasteiger partial charge in [-0.05, 0) is 19.9 Å². The highest BCUT2D eigenvalue weighted by Crippen LogP contribution is 2.22. The highest BCUT2D eigenvalue weighted by molar-refractivity contribution is 6.34. The van der Waals surface area contributed by atoms with E-state index in [0.717, 1.165) is 6.07 Å². The van der Waals surface area contributed by atoms with E-state index in [9.17, 15) is 14.9 Å². The number of nitro groups is 1. The average molecular weight is 243 g/mol. The number of halogens is 1. The summed E-state index contributed by atoms with van der Waals surface area (Å²) < 4.78 is 0. The zero-order valence-corrected chi connectivity index (χ0v) is 9.62. The molecule has 0 spiro atoms. The molecule has 0 aliphatic carbocycles. The highest BCUT2D eigenvalue weighted by atomic mass is 35.5. The van der Waals surface area contributed by atoms with Crippen molar-refractivity contribution in [2.45, 2.75) is 19.9 Å². The number of hydrogen-bond donors (Lipinski definition) is 1. The smallest absolute Gasteiger partial charge is 0.270 e. The Morgan fingerprint density at radius 3 is 2.56 bits per heavy atom. The first-order valence-corrected chi connectivity index (χ1v) is 5.04. The van der Waals surface area contributed by atoms with Crippen molar-refractivity contribution in [2.75, 3.05) is 0 Å². The Morgan fingerprint density at radius 2 is 2.12 bits per heavy atom. The molecule has 86 valence electrons. The normalized spacial score (nSPS) is 10.2. The van der Waals surface area contributed by atoms with Gasteiger partial charge in [0.15, 0.2) is 0 Å². The van der Waals surface area contributed by atoms with E-state index < -0.39 is 4.92 Å². The number of nitrogens with zero attached hydrogens (tertiary/aromatic N) is 1. The molecule has 1 aromatic rings. The van der Waals surface area contributed by atoms with Crippen molar-refractivity contribution in [2.24, 2.45) is 0 Å². The van der Waals surface area contributed by atoms with Crippen molar-refractivity contribution >= 4 is 23.2 Å². The van der Waals surface area contributed by atoms with E-state index in [0.29, 0.717) is 0 Å². The number of nitro benzene ring substituents is 1. The van der Waals surface area contributed by atoms with Crippen molar-refractivity contribution in [3.63, 3.8) is 0 Å². The van der Waals surface area contributed by atoms with E-state index in [4.69, 9.17) is 11.6 Å². The molecule has 0 saturated carbocycles.